The van der Waals surface area contributed by atoms with E-state index >= 15 is 0 Å². The van der Waals surface area contributed by atoms with Crippen LogP contribution in [-0.2, 0) is 22.7 Å². The quantitative estimate of drug-likeness (QED) is 0.620. The molecular formula is C23H21NO4. The molecule has 5 heteroatoms. The number of hydrogen-bond acceptors (Lipinski definition) is 4. The van der Waals surface area contributed by atoms with Crippen molar-refractivity contribution in [1.82, 2.24) is 0 Å². The van der Waals surface area contributed by atoms with E-state index in [4.69, 9.17) is 9.47 Å². The predicted molar refractivity (Wildman–Crippen MR) is 107 cm³/mol. The second kappa shape index (κ2) is 9.48. The van der Waals surface area contributed by atoms with E-state index < -0.39 is 5.97 Å². The molecule has 0 fully saturated rings. The molecule has 28 heavy (non-hydrogen) atoms. The zero-order chi connectivity index (χ0) is 19.8. The van der Waals surface area contributed by atoms with Crippen LogP contribution >= 0.6 is 0 Å². The van der Waals surface area contributed by atoms with Gasteiger partial charge < -0.3 is 14.8 Å². The summed E-state index contributed by atoms with van der Waals surface area (Å²) < 4.78 is 10.4. The lowest BCUT2D eigenvalue weighted by atomic mass is 10.1. The first-order chi connectivity index (χ1) is 13.7. The summed E-state index contributed by atoms with van der Waals surface area (Å²) in [5.41, 5.74) is 3.46. The summed E-state index contributed by atoms with van der Waals surface area (Å²) >= 11 is 0. The van der Waals surface area contributed by atoms with Crippen molar-refractivity contribution in [3.8, 4) is 0 Å². The Morgan fingerprint density at radius 2 is 1.54 bits per heavy atom. The number of anilines is 1. The Labute approximate surface area is 163 Å². The maximum absolute atomic E-state index is 12.3. The first-order valence-electron chi connectivity index (χ1n) is 8.86. The van der Waals surface area contributed by atoms with E-state index in [0.29, 0.717) is 17.7 Å². The van der Waals surface area contributed by atoms with Crippen molar-refractivity contribution < 1.29 is 19.1 Å². The molecule has 0 unspecified atom stereocenters. The number of carbonyl (C=O) groups is 2. The molecule has 1 N–H and O–H groups in total. The third-order valence-electron chi connectivity index (χ3n) is 4.09. The van der Waals surface area contributed by atoms with Crippen molar-refractivity contribution in [1.29, 1.82) is 0 Å². The van der Waals surface area contributed by atoms with Crippen molar-refractivity contribution in [2.75, 3.05) is 12.4 Å². The van der Waals surface area contributed by atoms with Crippen LogP contribution < -0.4 is 5.32 Å². The molecule has 142 valence electrons. The number of carbonyl (C=O) groups excluding carboxylic acids is 2. The highest BCUT2D eigenvalue weighted by Crippen LogP contribution is 2.12. The van der Waals surface area contributed by atoms with Gasteiger partial charge in [0.15, 0.2) is 0 Å². The maximum atomic E-state index is 12.3. The van der Waals surface area contributed by atoms with Crippen LogP contribution in [0.5, 0.6) is 0 Å². The third-order valence-corrected chi connectivity index (χ3v) is 4.09. The van der Waals surface area contributed by atoms with E-state index in [1.165, 1.54) is 0 Å². The highest BCUT2D eigenvalue weighted by Gasteiger charge is 2.09. The van der Waals surface area contributed by atoms with Crippen LogP contribution in [0.3, 0.4) is 0 Å². The van der Waals surface area contributed by atoms with Crippen LogP contribution in [0.15, 0.2) is 78.9 Å². The lowest BCUT2D eigenvalue weighted by Gasteiger charge is -2.08. The second-order valence-electron chi connectivity index (χ2n) is 6.23. The smallest absolute Gasteiger partial charge is 0.338 e. The van der Waals surface area contributed by atoms with Gasteiger partial charge in [0.2, 0.25) is 0 Å². The number of benzene rings is 3. The molecule has 0 bridgehead atoms. The summed E-state index contributed by atoms with van der Waals surface area (Å²) in [6.07, 6.45) is 0. The van der Waals surface area contributed by atoms with Crippen molar-refractivity contribution in [2.24, 2.45) is 0 Å². The normalized spacial score (nSPS) is 10.3. The summed E-state index contributed by atoms with van der Waals surface area (Å²) in [6, 6.07) is 23.4. The first kappa shape index (κ1) is 19.3. The number of amides is 1. The molecule has 3 aromatic carbocycles. The predicted octanol–water partition coefficient (Wildman–Crippen LogP) is 4.44. The first-order valence-corrected chi connectivity index (χ1v) is 8.86. The summed E-state index contributed by atoms with van der Waals surface area (Å²) in [4.78, 5) is 24.5. The minimum Gasteiger partial charge on any atom is -0.457 e. The molecule has 0 aliphatic heterocycles. The molecule has 0 radical (unpaired) electrons. The molecule has 3 rings (SSSR count). The monoisotopic (exact) mass is 375 g/mol. The molecule has 3 aromatic rings. The van der Waals surface area contributed by atoms with E-state index in [9.17, 15) is 9.59 Å². The van der Waals surface area contributed by atoms with E-state index in [0.717, 1.165) is 16.8 Å². The molecule has 0 atom stereocenters. The summed E-state index contributed by atoms with van der Waals surface area (Å²) in [6.45, 7) is 0.571. The van der Waals surface area contributed by atoms with Crippen LogP contribution in [0.25, 0.3) is 0 Å². The van der Waals surface area contributed by atoms with Crippen LogP contribution in [0.1, 0.15) is 31.8 Å². The van der Waals surface area contributed by atoms with Gasteiger partial charge in [-0.2, -0.15) is 0 Å². The fourth-order valence-corrected chi connectivity index (χ4v) is 2.66. The Morgan fingerprint density at radius 3 is 2.25 bits per heavy atom. The third kappa shape index (κ3) is 5.28. The van der Waals surface area contributed by atoms with Gasteiger partial charge in [-0.1, -0.05) is 42.5 Å². The maximum Gasteiger partial charge on any atom is 0.338 e. The molecule has 0 heterocycles. The van der Waals surface area contributed by atoms with Gasteiger partial charge >= 0.3 is 5.97 Å². The highest BCUT2D eigenvalue weighted by molar-refractivity contribution is 6.04. The molecule has 5 nitrogen and oxygen atoms in total. The fraction of sp³-hybridized carbons (Fsp3) is 0.130. The number of rotatable bonds is 7. The Bertz CT molecular complexity index is 936. The van der Waals surface area contributed by atoms with Gasteiger partial charge in [-0.3, -0.25) is 4.79 Å². The van der Waals surface area contributed by atoms with Gasteiger partial charge in [0.05, 0.1) is 12.2 Å². The summed E-state index contributed by atoms with van der Waals surface area (Å²) in [5.74, 6) is -0.589. The largest absolute Gasteiger partial charge is 0.457 e. The number of nitrogens with one attached hydrogen (secondary N) is 1. The fourth-order valence-electron chi connectivity index (χ4n) is 2.66. The SMILES string of the molecule is COCc1cccc(C(=O)OCc2ccc(C(=O)Nc3ccccc3)cc2)c1. The Kier molecular flexibility index (Phi) is 6.54. The molecule has 0 aliphatic rings. The van der Waals surface area contributed by atoms with Crippen molar-refractivity contribution in [2.45, 2.75) is 13.2 Å². The van der Waals surface area contributed by atoms with E-state index in [1.54, 1.807) is 49.6 Å². The summed E-state index contributed by atoms with van der Waals surface area (Å²) in [7, 11) is 1.61. The number of esters is 1. The van der Waals surface area contributed by atoms with E-state index in [2.05, 4.69) is 5.32 Å². The molecule has 0 saturated carbocycles. The number of ether oxygens (including phenoxy) is 2. The van der Waals surface area contributed by atoms with E-state index in [1.807, 2.05) is 36.4 Å². The van der Waals surface area contributed by atoms with Gasteiger partial charge in [-0.25, -0.2) is 4.79 Å². The number of para-hydroxylation sites is 1. The van der Waals surface area contributed by atoms with Gasteiger partial charge in [0.1, 0.15) is 6.61 Å². The zero-order valence-electron chi connectivity index (χ0n) is 15.6. The zero-order valence-corrected chi connectivity index (χ0v) is 15.6. The van der Waals surface area contributed by atoms with Crippen LogP contribution in [-0.4, -0.2) is 19.0 Å². The topological polar surface area (TPSA) is 64.6 Å². The number of methoxy groups -OCH3 is 1. The van der Waals surface area contributed by atoms with Gasteiger partial charge in [-0.15, -0.1) is 0 Å². The minimum atomic E-state index is -0.399. The Hall–Kier alpha value is -3.44. The minimum absolute atomic E-state index is 0.133. The van der Waals surface area contributed by atoms with Gasteiger partial charge in [-0.05, 0) is 47.5 Å². The second-order valence-corrected chi connectivity index (χ2v) is 6.23. The average Bonchev–Trinajstić information content (AvgIpc) is 2.73. The van der Waals surface area contributed by atoms with Gasteiger partial charge in [0.25, 0.3) is 5.91 Å². The lowest BCUT2D eigenvalue weighted by molar-refractivity contribution is 0.0472. The molecule has 0 aromatic heterocycles. The lowest BCUT2D eigenvalue weighted by Crippen LogP contribution is -2.12. The highest BCUT2D eigenvalue weighted by atomic mass is 16.5. The van der Waals surface area contributed by atoms with E-state index in [-0.39, 0.29) is 12.5 Å². The summed E-state index contributed by atoms with van der Waals surface area (Å²) in [5, 5.41) is 2.83. The van der Waals surface area contributed by atoms with Crippen molar-refractivity contribution >= 4 is 17.6 Å². The molecule has 0 saturated heterocycles. The van der Waals surface area contributed by atoms with Crippen molar-refractivity contribution in [3.63, 3.8) is 0 Å². The Morgan fingerprint density at radius 1 is 0.786 bits per heavy atom. The number of hydrogen-bond donors (Lipinski definition) is 1. The average molecular weight is 375 g/mol. The molecular weight excluding hydrogens is 354 g/mol. The van der Waals surface area contributed by atoms with Crippen molar-refractivity contribution in [3.05, 3.63) is 101 Å². The molecule has 1 amide bonds. The molecule has 0 spiro atoms. The van der Waals surface area contributed by atoms with Crippen LogP contribution in [0.4, 0.5) is 5.69 Å². The standard InChI is InChI=1S/C23H21NO4/c1-27-15-18-6-5-7-20(14-18)23(26)28-16-17-10-12-19(13-11-17)22(25)24-21-8-3-2-4-9-21/h2-14H,15-16H2,1H3,(H,24,25). The Balaban J connectivity index is 1.56. The molecule has 0 aliphatic carbocycles. The van der Waals surface area contributed by atoms with Crippen LogP contribution in [0, 0.1) is 0 Å². The van der Waals surface area contributed by atoms with Gasteiger partial charge in [0, 0.05) is 18.4 Å². The van der Waals surface area contributed by atoms with Crippen LogP contribution in [0.2, 0.25) is 0 Å².